The normalized spacial score (nSPS) is 32.2. The Bertz CT molecular complexity index is 138. The fourth-order valence-electron chi connectivity index (χ4n) is 1.72. The van der Waals surface area contributed by atoms with Gasteiger partial charge in [-0.2, -0.15) is 11.8 Å². The van der Waals surface area contributed by atoms with Gasteiger partial charge in [-0.25, -0.2) is 0 Å². The maximum Gasteiger partial charge on any atom is 0.0703 e. The summed E-state index contributed by atoms with van der Waals surface area (Å²) < 4.78 is 0.221. The van der Waals surface area contributed by atoms with Crippen LogP contribution in [-0.4, -0.2) is 28.3 Å². The van der Waals surface area contributed by atoms with Crippen molar-refractivity contribution in [3.63, 3.8) is 0 Å². The van der Waals surface area contributed by atoms with E-state index in [1.54, 1.807) is 0 Å². The molecule has 0 spiro atoms. The van der Waals surface area contributed by atoms with Crippen LogP contribution < -0.4 is 5.73 Å². The number of nitrogens with two attached hydrogens (primary N) is 1. The third-order valence-electron chi connectivity index (χ3n) is 2.50. The minimum absolute atomic E-state index is 0.221. The maximum absolute atomic E-state index is 9.55. The molecule has 0 aromatic carbocycles. The molecule has 0 aromatic heterocycles. The summed E-state index contributed by atoms with van der Waals surface area (Å²) in [4.78, 5) is 0. The van der Waals surface area contributed by atoms with Gasteiger partial charge in [0.25, 0.3) is 0 Å². The van der Waals surface area contributed by atoms with Crippen molar-refractivity contribution in [3.8, 4) is 0 Å². The predicted molar refractivity (Wildman–Crippen MR) is 49.7 cm³/mol. The van der Waals surface area contributed by atoms with E-state index in [4.69, 9.17) is 5.73 Å². The van der Waals surface area contributed by atoms with Crippen LogP contribution in [0.3, 0.4) is 0 Å². The highest BCUT2D eigenvalue weighted by molar-refractivity contribution is 8.00. The Morgan fingerprint density at radius 1 is 1.73 bits per heavy atom. The Morgan fingerprint density at radius 3 is 2.73 bits per heavy atom. The predicted octanol–water partition coefficient (Wildman–Crippen LogP) is 0.838. The van der Waals surface area contributed by atoms with Crippen molar-refractivity contribution >= 4 is 11.8 Å². The minimum atomic E-state index is -0.306. The molecule has 1 fully saturated rings. The van der Waals surface area contributed by atoms with Crippen LogP contribution in [0.2, 0.25) is 0 Å². The molecule has 1 rings (SSSR count). The SMILES string of the molecule is CC1(C)SCCC1C(O)CN. The smallest absolute Gasteiger partial charge is 0.0703 e. The van der Waals surface area contributed by atoms with Gasteiger partial charge in [-0.15, -0.1) is 0 Å². The zero-order chi connectivity index (χ0) is 8.48. The van der Waals surface area contributed by atoms with Crippen LogP contribution in [0.5, 0.6) is 0 Å². The number of aliphatic hydroxyl groups excluding tert-OH is 1. The van der Waals surface area contributed by atoms with E-state index in [1.165, 1.54) is 0 Å². The summed E-state index contributed by atoms with van der Waals surface area (Å²) in [6.07, 6.45) is 0.802. The minimum Gasteiger partial charge on any atom is -0.391 e. The second-order valence-electron chi connectivity index (χ2n) is 3.65. The lowest BCUT2D eigenvalue weighted by Gasteiger charge is -2.29. The molecule has 0 bridgehead atoms. The van der Waals surface area contributed by atoms with Crippen molar-refractivity contribution in [1.29, 1.82) is 0 Å². The number of thioether (sulfide) groups is 1. The molecule has 1 saturated heterocycles. The Morgan fingerprint density at radius 2 is 2.36 bits per heavy atom. The first-order chi connectivity index (χ1) is 5.08. The Labute approximate surface area is 72.5 Å². The van der Waals surface area contributed by atoms with Crippen LogP contribution in [-0.2, 0) is 0 Å². The molecule has 2 nitrogen and oxygen atoms in total. The van der Waals surface area contributed by atoms with Crippen molar-refractivity contribution in [1.82, 2.24) is 0 Å². The van der Waals surface area contributed by atoms with E-state index in [0.29, 0.717) is 12.5 Å². The fraction of sp³-hybridized carbons (Fsp3) is 1.00. The average molecular weight is 175 g/mol. The molecule has 0 aliphatic carbocycles. The largest absolute Gasteiger partial charge is 0.391 e. The van der Waals surface area contributed by atoms with Gasteiger partial charge in [0.1, 0.15) is 0 Å². The lowest BCUT2D eigenvalue weighted by atomic mass is 9.87. The molecule has 1 heterocycles. The summed E-state index contributed by atoms with van der Waals surface area (Å²) in [6.45, 7) is 4.77. The van der Waals surface area contributed by atoms with E-state index in [1.807, 2.05) is 11.8 Å². The summed E-state index contributed by atoms with van der Waals surface area (Å²) in [5.74, 6) is 1.55. The third-order valence-corrected chi connectivity index (χ3v) is 3.99. The van der Waals surface area contributed by atoms with E-state index in [2.05, 4.69) is 13.8 Å². The second-order valence-corrected chi connectivity index (χ2v) is 5.40. The van der Waals surface area contributed by atoms with Gasteiger partial charge in [-0.1, -0.05) is 13.8 Å². The molecule has 66 valence electrons. The highest BCUT2D eigenvalue weighted by Crippen LogP contribution is 2.43. The van der Waals surface area contributed by atoms with E-state index < -0.39 is 0 Å². The molecule has 0 radical (unpaired) electrons. The number of hydrogen-bond acceptors (Lipinski definition) is 3. The molecule has 2 atom stereocenters. The topological polar surface area (TPSA) is 46.2 Å². The van der Waals surface area contributed by atoms with Crippen molar-refractivity contribution in [2.45, 2.75) is 31.1 Å². The first kappa shape index (κ1) is 9.36. The summed E-state index contributed by atoms with van der Waals surface area (Å²) >= 11 is 1.94. The highest BCUT2D eigenvalue weighted by Gasteiger charge is 2.38. The van der Waals surface area contributed by atoms with E-state index in [9.17, 15) is 5.11 Å². The monoisotopic (exact) mass is 175 g/mol. The lowest BCUT2D eigenvalue weighted by molar-refractivity contribution is 0.101. The second kappa shape index (κ2) is 3.33. The van der Waals surface area contributed by atoms with Gasteiger partial charge in [-0.05, 0) is 12.2 Å². The van der Waals surface area contributed by atoms with Crippen molar-refractivity contribution < 1.29 is 5.11 Å². The first-order valence-corrected chi connectivity index (χ1v) is 5.08. The zero-order valence-corrected chi connectivity index (χ0v) is 8.03. The first-order valence-electron chi connectivity index (χ1n) is 4.10. The molecule has 3 N–H and O–H groups in total. The Hall–Kier alpha value is 0.270. The standard InChI is InChI=1S/C8H17NOS/c1-8(2)6(3-4-11-8)7(10)5-9/h6-7,10H,3-5,9H2,1-2H3. The lowest BCUT2D eigenvalue weighted by Crippen LogP contribution is -2.37. The molecular weight excluding hydrogens is 158 g/mol. The quantitative estimate of drug-likeness (QED) is 0.653. The van der Waals surface area contributed by atoms with Gasteiger partial charge in [0, 0.05) is 17.2 Å². The molecule has 1 aliphatic rings. The molecule has 2 unspecified atom stereocenters. The molecule has 0 saturated carbocycles. The van der Waals surface area contributed by atoms with Gasteiger partial charge in [-0.3, -0.25) is 0 Å². The highest BCUT2D eigenvalue weighted by atomic mass is 32.2. The zero-order valence-electron chi connectivity index (χ0n) is 7.21. The average Bonchev–Trinajstić information content (AvgIpc) is 2.28. The van der Waals surface area contributed by atoms with Crippen LogP contribution in [0.25, 0.3) is 0 Å². The van der Waals surface area contributed by atoms with Crippen LogP contribution in [0, 0.1) is 5.92 Å². The summed E-state index contributed by atoms with van der Waals surface area (Å²) in [6, 6.07) is 0. The van der Waals surface area contributed by atoms with Crippen LogP contribution in [0.15, 0.2) is 0 Å². The van der Waals surface area contributed by atoms with Crippen LogP contribution in [0.4, 0.5) is 0 Å². The number of rotatable bonds is 2. The molecule has 0 aromatic rings. The maximum atomic E-state index is 9.55. The van der Waals surface area contributed by atoms with E-state index in [0.717, 1.165) is 12.2 Å². The molecule has 0 amide bonds. The van der Waals surface area contributed by atoms with Crippen LogP contribution >= 0.6 is 11.8 Å². The van der Waals surface area contributed by atoms with Crippen molar-refractivity contribution in [2.24, 2.45) is 11.7 Å². The van der Waals surface area contributed by atoms with Gasteiger partial charge >= 0.3 is 0 Å². The van der Waals surface area contributed by atoms with Crippen LogP contribution in [0.1, 0.15) is 20.3 Å². The summed E-state index contributed by atoms with van der Waals surface area (Å²) in [5, 5.41) is 9.55. The molecule has 11 heavy (non-hydrogen) atoms. The van der Waals surface area contributed by atoms with Gasteiger partial charge in [0.2, 0.25) is 0 Å². The Balaban J connectivity index is 2.57. The number of aliphatic hydroxyl groups is 1. The summed E-state index contributed by atoms with van der Waals surface area (Å²) in [7, 11) is 0. The van der Waals surface area contributed by atoms with Gasteiger partial charge in [0.15, 0.2) is 0 Å². The van der Waals surface area contributed by atoms with Gasteiger partial charge in [0.05, 0.1) is 6.10 Å². The fourth-order valence-corrected chi connectivity index (χ4v) is 3.11. The van der Waals surface area contributed by atoms with Crippen molar-refractivity contribution in [3.05, 3.63) is 0 Å². The third kappa shape index (κ3) is 1.89. The summed E-state index contributed by atoms with van der Waals surface area (Å²) in [5.41, 5.74) is 5.41. The molecule has 3 heteroatoms. The Kier molecular flexibility index (Phi) is 2.84. The van der Waals surface area contributed by atoms with Crippen molar-refractivity contribution in [2.75, 3.05) is 12.3 Å². The number of hydrogen-bond donors (Lipinski definition) is 2. The van der Waals surface area contributed by atoms with E-state index in [-0.39, 0.29) is 10.9 Å². The molecular formula is C8H17NOS. The van der Waals surface area contributed by atoms with Gasteiger partial charge < -0.3 is 10.8 Å². The van der Waals surface area contributed by atoms with E-state index >= 15 is 0 Å². The molecule has 1 aliphatic heterocycles.